The molecule has 0 unspecified atom stereocenters. The molecule has 2 aromatic carbocycles. The third-order valence-electron chi connectivity index (χ3n) is 3.63. The molecule has 0 saturated heterocycles. The monoisotopic (exact) mass is 321 g/mol. The van der Waals surface area contributed by atoms with E-state index in [-0.39, 0.29) is 11.5 Å². The van der Waals surface area contributed by atoms with Gasteiger partial charge >= 0.3 is 5.97 Å². The van der Waals surface area contributed by atoms with E-state index in [2.05, 4.69) is 10.4 Å². The van der Waals surface area contributed by atoms with Crippen LogP contribution in [0.2, 0.25) is 0 Å². The maximum Gasteiger partial charge on any atom is 0.335 e. The number of benzene rings is 2. The Morgan fingerprint density at radius 3 is 2.62 bits per heavy atom. The van der Waals surface area contributed by atoms with Gasteiger partial charge in [0.2, 0.25) is 0 Å². The molecular weight excluding hydrogens is 306 g/mol. The summed E-state index contributed by atoms with van der Waals surface area (Å²) in [5.41, 5.74) is 2.46. The smallest absolute Gasteiger partial charge is 0.335 e. The van der Waals surface area contributed by atoms with Gasteiger partial charge in [-0.1, -0.05) is 18.2 Å². The van der Waals surface area contributed by atoms with Crippen molar-refractivity contribution in [2.24, 2.45) is 0 Å². The standard InChI is InChI=1S/C18H15N3O3/c1-12-7-8-13(18(23)24)11-15(12)20-17(22)14-5-2-3-6-16(14)21-10-4-9-19-21/h2-11H,1H3,(H,20,22)(H,23,24). The number of carboxylic acid groups (broad SMARTS) is 1. The number of aromatic nitrogens is 2. The van der Waals surface area contributed by atoms with Gasteiger partial charge in [-0.05, 0) is 42.8 Å². The molecule has 0 aliphatic rings. The van der Waals surface area contributed by atoms with E-state index < -0.39 is 5.97 Å². The number of amides is 1. The first-order valence-corrected chi connectivity index (χ1v) is 7.30. The average molecular weight is 321 g/mol. The molecule has 0 saturated carbocycles. The molecular formula is C18H15N3O3. The van der Waals surface area contributed by atoms with Gasteiger partial charge in [0, 0.05) is 18.1 Å². The molecule has 0 fully saturated rings. The Morgan fingerprint density at radius 1 is 1.12 bits per heavy atom. The van der Waals surface area contributed by atoms with Gasteiger partial charge in [-0.2, -0.15) is 5.10 Å². The fourth-order valence-electron chi connectivity index (χ4n) is 2.36. The summed E-state index contributed by atoms with van der Waals surface area (Å²) in [5, 5.41) is 16.0. The third-order valence-corrected chi connectivity index (χ3v) is 3.63. The van der Waals surface area contributed by atoms with Crippen molar-refractivity contribution >= 4 is 17.6 Å². The number of aryl methyl sites for hydroxylation is 1. The second kappa shape index (κ2) is 6.37. The van der Waals surface area contributed by atoms with Gasteiger partial charge in [0.1, 0.15) is 0 Å². The summed E-state index contributed by atoms with van der Waals surface area (Å²) in [7, 11) is 0. The number of hydrogen-bond donors (Lipinski definition) is 2. The van der Waals surface area contributed by atoms with Gasteiger partial charge in [-0.3, -0.25) is 4.79 Å². The Kier molecular flexibility index (Phi) is 4.11. The van der Waals surface area contributed by atoms with Crippen molar-refractivity contribution in [3.8, 4) is 5.69 Å². The number of nitrogens with zero attached hydrogens (tertiary/aromatic N) is 2. The first-order chi connectivity index (χ1) is 11.6. The summed E-state index contributed by atoms with van der Waals surface area (Å²) in [4.78, 5) is 23.8. The van der Waals surface area contributed by atoms with E-state index in [1.54, 1.807) is 54.3 Å². The number of carbonyl (C=O) groups excluding carboxylic acids is 1. The Hall–Kier alpha value is -3.41. The lowest BCUT2D eigenvalue weighted by Crippen LogP contribution is -2.16. The molecule has 24 heavy (non-hydrogen) atoms. The molecule has 3 aromatic rings. The summed E-state index contributed by atoms with van der Waals surface area (Å²) in [5.74, 6) is -1.37. The summed E-state index contributed by atoms with van der Waals surface area (Å²) in [6.07, 6.45) is 3.39. The molecule has 0 aliphatic carbocycles. The van der Waals surface area contributed by atoms with Gasteiger partial charge in [-0.25, -0.2) is 9.48 Å². The normalized spacial score (nSPS) is 10.4. The highest BCUT2D eigenvalue weighted by atomic mass is 16.4. The van der Waals surface area contributed by atoms with Crippen LogP contribution in [0.25, 0.3) is 5.69 Å². The molecule has 1 aromatic heterocycles. The molecule has 3 rings (SSSR count). The van der Waals surface area contributed by atoms with E-state index >= 15 is 0 Å². The minimum Gasteiger partial charge on any atom is -0.478 e. The van der Waals surface area contributed by atoms with Crippen LogP contribution in [-0.4, -0.2) is 26.8 Å². The van der Waals surface area contributed by atoms with Crippen molar-refractivity contribution in [3.63, 3.8) is 0 Å². The van der Waals surface area contributed by atoms with E-state index in [0.29, 0.717) is 16.9 Å². The topological polar surface area (TPSA) is 84.2 Å². The molecule has 0 radical (unpaired) electrons. The quantitative estimate of drug-likeness (QED) is 0.773. The van der Waals surface area contributed by atoms with E-state index in [4.69, 9.17) is 5.11 Å². The number of carboxylic acids is 1. The highest BCUT2D eigenvalue weighted by Gasteiger charge is 2.15. The molecule has 1 heterocycles. The number of rotatable bonds is 4. The molecule has 1 amide bonds. The second-order valence-corrected chi connectivity index (χ2v) is 5.26. The van der Waals surface area contributed by atoms with Crippen LogP contribution in [0, 0.1) is 6.92 Å². The SMILES string of the molecule is Cc1ccc(C(=O)O)cc1NC(=O)c1ccccc1-n1cccn1. The van der Waals surface area contributed by atoms with Crippen molar-refractivity contribution in [1.82, 2.24) is 9.78 Å². The predicted octanol–water partition coefficient (Wildman–Crippen LogP) is 3.13. The Bertz CT molecular complexity index is 902. The molecule has 0 spiro atoms. The van der Waals surface area contributed by atoms with Crippen molar-refractivity contribution in [3.05, 3.63) is 77.6 Å². The highest BCUT2D eigenvalue weighted by molar-refractivity contribution is 6.07. The van der Waals surface area contributed by atoms with Crippen molar-refractivity contribution < 1.29 is 14.7 Å². The van der Waals surface area contributed by atoms with Crippen LogP contribution in [0.5, 0.6) is 0 Å². The summed E-state index contributed by atoms with van der Waals surface area (Å²) >= 11 is 0. The van der Waals surface area contributed by atoms with Crippen LogP contribution in [0.4, 0.5) is 5.69 Å². The van der Waals surface area contributed by atoms with Crippen LogP contribution in [-0.2, 0) is 0 Å². The molecule has 0 aliphatic heterocycles. The first-order valence-electron chi connectivity index (χ1n) is 7.30. The maximum atomic E-state index is 12.7. The van der Waals surface area contributed by atoms with Gasteiger partial charge in [-0.15, -0.1) is 0 Å². The van der Waals surface area contributed by atoms with E-state index in [0.717, 1.165) is 5.56 Å². The fraction of sp³-hybridized carbons (Fsp3) is 0.0556. The number of para-hydroxylation sites is 1. The zero-order valence-electron chi connectivity index (χ0n) is 12.9. The molecule has 120 valence electrons. The second-order valence-electron chi connectivity index (χ2n) is 5.26. The highest BCUT2D eigenvalue weighted by Crippen LogP contribution is 2.20. The van der Waals surface area contributed by atoms with E-state index in [1.165, 1.54) is 12.1 Å². The Labute approximate surface area is 138 Å². The van der Waals surface area contributed by atoms with Crippen LogP contribution in [0.1, 0.15) is 26.3 Å². The van der Waals surface area contributed by atoms with Crippen molar-refractivity contribution in [2.45, 2.75) is 6.92 Å². The maximum absolute atomic E-state index is 12.7. The lowest BCUT2D eigenvalue weighted by molar-refractivity contribution is 0.0696. The van der Waals surface area contributed by atoms with Crippen LogP contribution in [0.3, 0.4) is 0 Å². The van der Waals surface area contributed by atoms with Crippen LogP contribution < -0.4 is 5.32 Å². The van der Waals surface area contributed by atoms with Crippen LogP contribution >= 0.6 is 0 Å². The molecule has 6 nitrogen and oxygen atoms in total. The van der Waals surface area contributed by atoms with Crippen LogP contribution in [0.15, 0.2) is 60.9 Å². The minimum absolute atomic E-state index is 0.122. The third kappa shape index (κ3) is 3.03. The molecule has 0 atom stereocenters. The first kappa shape index (κ1) is 15.5. The summed E-state index contributed by atoms with van der Waals surface area (Å²) < 4.78 is 1.61. The molecule has 0 bridgehead atoms. The Morgan fingerprint density at radius 2 is 1.92 bits per heavy atom. The lowest BCUT2D eigenvalue weighted by Gasteiger charge is -2.12. The molecule has 2 N–H and O–H groups in total. The number of nitrogens with one attached hydrogen (secondary N) is 1. The lowest BCUT2D eigenvalue weighted by atomic mass is 10.1. The average Bonchev–Trinajstić information content (AvgIpc) is 3.11. The van der Waals surface area contributed by atoms with Gasteiger partial charge in [0.15, 0.2) is 0 Å². The number of carbonyl (C=O) groups is 2. The van der Waals surface area contributed by atoms with E-state index in [9.17, 15) is 9.59 Å². The number of hydrogen-bond acceptors (Lipinski definition) is 3. The zero-order valence-corrected chi connectivity index (χ0v) is 12.9. The number of anilines is 1. The molecule has 6 heteroatoms. The summed E-state index contributed by atoms with van der Waals surface area (Å²) in [6, 6.07) is 13.5. The number of aromatic carboxylic acids is 1. The van der Waals surface area contributed by atoms with E-state index in [1.807, 2.05) is 6.07 Å². The largest absolute Gasteiger partial charge is 0.478 e. The van der Waals surface area contributed by atoms with Gasteiger partial charge in [0.05, 0.1) is 16.8 Å². The van der Waals surface area contributed by atoms with Crippen molar-refractivity contribution in [1.29, 1.82) is 0 Å². The Balaban J connectivity index is 1.95. The zero-order chi connectivity index (χ0) is 17.1. The fourth-order valence-corrected chi connectivity index (χ4v) is 2.36. The minimum atomic E-state index is -1.04. The van der Waals surface area contributed by atoms with Gasteiger partial charge < -0.3 is 10.4 Å². The van der Waals surface area contributed by atoms with Crippen molar-refractivity contribution in [2.75, 3.05) is 5.32 Å². The predicted molar refractivity (Wildman–Crippen MR) is 89.7 cm³/mol. The van der Waals surface area contributed by atoms with Gasteiger partial charge in [0.25, 0.3) is 5.91 Å². The summed E-state index contributed by atoms with van der Waals surface area (Å²) in [6.45, 7) is 1.81.